The second-order valence-corrected chi connectivity index (χ2v) is 18.7. The average molecular weight is 877 g/mol. The molecule has 7 rings (SSSR count). The van der Waals surface area contributed by atoms with Gasteiger partial charge in [0.15, 0.2) is 0 Å². The fourth-order valence-corrected chi connectivity index (χ4v) is 9.68. The van der Waals surface area contributed by atoms with Crippen molar-refractivity contribution >= 4 is 40.8 Å². The molecule has 0 saturated carbocycles. The fraction of sp³-hybridized carbons (Fsp3) is 0.540. The predicted octanol–water partition coefficient (Wildman–Crippen LogP) is 6.00. The van der Waals surface area contributed by atoms with Crippen LogP contribution in [0.5, 0.6) is 0 Å². The van der Waals surface area contributed by atoms with Crippen LogP contribution in [0.3, 0.4) is 0 Å². The predicted molar refractivity (Wildman–Crippen MR) is 250 cm³/mol. The molecule has 14 heteroatoms. The molecular weight excluding hydrogens is 809 g/mol. The Balaban J connectivity index is 1.29. The third-order valence-corrected chi connectivity index (χ3v) is 13.4. The van der Waals surface area contributed by atoms with E-state index in [-0.39, 0.29) is 36.4 Å². The first-order chi connectivity index (χ1) is 30.8. The zero-order valence-electron chi connectivity index (χ0n) is 39.0. The number of pyridine rings is 1. The van der Waals surface area contributed by atoms with Crippen LogP contribution in [0.15, 0.2) is 54.7 Å². The average Bonchev–Trinajstić information content (AvgIpc) is 3.61. The quantitative estimate of drug-likeness (QED) is 0.129. The lowest BCUT2D eigenvalue weighted by Crippen LogP contribution is -2.57. The number of piperidine rings is 1. The Kier molecular flexibility index (Phi) is 15.1. The van der Waals surface area contributed by atoms with Crippen molar-refractivity contribution in [2.24, 2.45) is 11.3 Å². The van der Waals surface area contributed by atoms with E-state index in [4.69, 9.17) is 14.5 Å². The Morgan fingerprint density at radius 2 is 1.78 bits per heavy atom. The number of hydrogen-bond acceptors (Lipinski definition) is 10. The van der Waals surface area contributed by atoms with Crippen molar-refractivity contribution in [3.8, 4) is 22.4 Å². The van der Waals surface area contributed by atoms with Crippen LogP contribution in [0.1, 0.15) is 83.2 Å². The number of likely N-dealkylation sites (N-methyl/N-ethyl adjacent to an activating group) is 1. The number of aromatic nitrogens is 2. The van der Waals surface area contributed by atoms with Gasteiger partial charge in [0.25, 0.3) is 12.4 Å². The van der Waals surface area contributed by atoms with Crippen LogP contribution >= 0.6 is 0 Å². The van der Waals surface area contributed by atoms with Crippen molar-refractivity contribution in [1.82, 2.24) is 35.1 Å². The molecule has 0 spiro atoms. The van der Waals surface area contributed by atoms with Gasteiger partial charge in [0.05, 0.1) is 41.9 Å². The lowest BCUT2D eigenvalue weighted by Gasteiger charge is -2.34. The van der Waals surface area contributed by atoms with Crippen molar-refractivity contribution in [1.29, 1.82) is 0 Å². The van der Waals surface area contributed by atoms with Crippen LogP contribution in [0.2, 0.25) is 0 Å². The van der Waals surface area contributed by atoms with E-state index in [0.717, 1.165) is 101 Å². The first kappa shape index (κ1) is 46.7. The van der Waals surface area contributed by atoms with E-state index in [1.54, 1.807) is 17.0 Å². The molecule has 2 N–H and O–H groups in total. The second-order valence-electron chi connectivity index (χ2n) is 18.7. The van der Waals surface area contributed by atoms with Crippen molar-refractivity contribution in [3.63, 3.8) is 0 Å². The van der Waals surface area contributed by atoms with E-state index in [1.165, 1.54) is 6.92 Å². The molecule has 5 heterocycles. The summed E-state index contributed by atoms with van der Waals surface area (Å²) < 4.78 is 13.7. The Bertz CT molecular complexity index is 2290. The standard InChI is InChI=1S/C50H68N8O6/c1-8-57-45-17-16-38(37-14-11-13-36(25-37)26-44(49(62)58-20-10-9-18-52-58)53-48(61)39-15-12-19-56(31-39)35(3)60)27-41(45)43(29-50(4,5)32-64-33-59)47(57)42-28-40(30-51-46(42)34(2)63-7)55-23-21-54(6)22-24-55/h11,13-14,16-17,25,27-28,30,33-34,39,44,52H,8-10,12,15,18-24,26,29,31-32H2,1-7H3,(H,53,61)/t34-,39+,44-/m0/s1. The van der Waals surface area contributed by atoms with E-state index >= 15 is 0 Å². The molecule has 3 aliphatic rings. The number of aryl methyl sites for hydroxylation is 1. The smallest absolute Gasteiger partial charge is 0.293 e. The summed E-state index contributed by atoms with van der Waals surface area (Å²) in [5.74, 6) is -0.767. The third kappa shape index (κ3) is 10.6. The van der Waals surface area contributed by atoms with Crippen molar-refractivity contribution in [3.05, 3.63) is 71.5 Å². The molecule has 0 aliphatic carbocycles. The van der Waals surface area contributed by atoms with Crippen LogP contribution in [0, 0.1) is 11.3 Å². The highest BCUT2D eigenvalue weighted by molar-refractivity contribution is 5.96. The van der Waals surface area contributed by atoms with E-state index in [0.29, 0.717) is 58.5 Å². The number of methoxy groups -OCH3 is 1. The summed E-state index contributed by atoms with van der Waals surface area (Å²) in [6.45, 7) is 17.6. The van der Waals surface area contributed by atoms with Gasteiger partial charge in [-0.15, -0.1) is 0 Å². The van der Waals surface area contributed by atoms with Crippen LogP contribution in [0.25, 0.3) is 33.3 Å². The van der Waals surface area contributed by atoms with Gasteiger partial charge in [-0.1, -0.05) is 44.2 Å². The van der Waals surface area contributed by atoms with Crippen molar-refractivity contribution < 1.29 is 28.7 Å². The minimum absolute atomic E-state index is 0.0410. The first-order valence-corrected chi connectivity index (χ1v) is 23.2. The van der Waals surface area contributed by atoms with E-state index in [2.05, 4.69) is 89.3 Å². The Hall–Kier alpha value is -5.31. The van der Waals surface area contributed by atoms with Gasteiger partial charge >= 0.3 is 0 Å². The summed E-state index contributed by atoms with van der Waals surface area (Å²) in [6.07, 6.45) is 5.96. The zero-order chi connectivity index (χ0) is 45.5. The van der Waals surface area contributed by atoms with Crippen molar-refractivity contribution in [2.45, 2.75) is 91.8 Å². The number of fused-ring (bicyclic) bond motifs is 1. The number of hydrogen-bond donors (Lipinski definition) is 2. The highest BCUT2D eigenvalue weighted by Crippen LogP contribution is 2.43. The molecule has 3 atom stereocenters. The zero-order valence-corrected chi connectivity index (χ0v) is 39.0. The summed E-state index contributed by atoms with van der Waals surface area (Å²) >= 11 is 0. The molecule has 14 nitrogen and oxygen atoms in total. The fourth-order valence-electron chi connectivity index (χ4n) is 9.68. The number of ether oxygens (including phenoxy) is 2. The molecule has 2 aromatic carbocycles. The van der Waals surface area contributed by atoms with Gasteiger partial charge in [-0.3, -0.25) is 29.2 Å². The normalized spacial score (nSPS) is 18.5. The maximum atomic E-state index is 14.1. The molecule has 344 valence electrons. The number of nitrogens with one attached hydrogen (secondary N) is 2. The molecule has 0 unspecified atom stereocenters. The molecule has 3 fully saturated rings. The Morgan fingerprint density at radius 1 is 1.00 bits per heavy atom. The van der Waals surface area contributed by atoms with Crippen molar-refractivity contribution in [2.75, 3.05) is 78.0 Å². The molecule has 3 saturated heterocycles. The molecule has 0 radical (unpaired) electrons. The Labute approximate surface area is 378 Å². The number of anilines is 1. The van der Waals surface area contributed by atoms with Gasteiger partial charge in [0.1, 0.15) is 6.04 Å². The number of hydrazine groups is 1. The van der Waals surface area contributed by atoms with Crippen LogP contribution in [0.4, 0.5) is 5.69 Å². The number of piperazine rings is 1. The number of carbonyl (C=O) groups is 4. The molecule has 0 bridgehead atoms. The molecule has 3 aliphatic heterocycles. The summed E-state index contributed by atoms with van der Waals surface area (Å²) in [6, 6.07) is 16.4. The van der Waals surface area contributed by atoms with Crippen LogP contribution in [-0.4, -0.2) is 128 Å². The molecule has 2 aromatic heterocycles. The highest BCUT2D eigenvalue weighted by Gasteiger charge is 2.34. The molecule has 4 aromatic rings. The first-order valence-electron chi connectivity index (χ1n) is 23.2. The van der Waals surface area contributed by atoms with Gasteiger partial charge in [-0.2, -0.15) is 0 Å². The van der Waals surface area contributed by atoms with Gasteiger partial charge in [0.2, 0.25) is 11.8 Å². The maximum Gasteiger partial charge on any atom is 0.293 e. The summed E-state index contributed by atoms with van der Waals surface area (Å²) in [5, 5.41) is 5.89. The number of benzene rings is 2. The second kappa shape index (κ2) is 20.7. The highest BCUT2D eigenvalue weighted by atomic mass is 16.5. The number of nitrogens with zero attached hydrogens (tertiary/aromatic N) is 6. The minimum atomic E-state index is -0.786. The summed E-state index contributed by atoms with van der Waals surface area (Å²) in [4.78, 5) is 63.2. The number of carbonyl (C=O) groups excluding carboxylic acids is 4. The van der Waals surface area contributed by atoms with E-state index in [9.17, 15) is 19.2 Å². The van der Waals surface area contributed by atoms with E-state index in [1.807, 2.05) is 25.3 Å². The van der Waals surface area contributed by atoms with E-state index < -0.39 is 11.5 Å². The monoisotopic (exact) mass is 877 g/mol. The number of likely N-dealkylation sites (tertiary alicyclic amines) is 1. The van der Waals surface area contributed by atoms with Gasteiger partial charge in [-0.05, 0) is 93.5 Å². The number of amides is 3. The minimum Gasteiger partial charge on any atom is -0.467 e. The third-order valence-electron chi connectivity index (χ3n) is 13.4. The van der Waals surface area contributed by atoms with Gasteiger partial charge in [0, 0.05) is 101 Å². The van der Waals surface area contributed by atoms with Gasteiger partial charge < -0.3 is 34.1 Å². The summed E-state index contributed by atoms with van der Waals surface area (Å²) in [7, 11) is 3.88. The largest absolute Gasteiger partial charge is 0.467 e. The van der Waals surface area contributed by atoms with Crippen LogP contribution < -0.4 is 15.6 Å². The Morgan fingerprint density at radius 3 is 2.48 bits per heavy atom. The molecule has 64 heavy (non-hydrogen) atoms. The van der Waals surface area contributed by atoms with Crippen LogP contribution in [-0.2, 0) is 48.0 Å². The van der Waals surface area contributed by atoms with Gasteiger partial charge in [-0.25, -0.2) is 5.43 Å². The molecule has 3 amide bonds. The summed E-state index contributed by atoms with van der Waals surface area (Å²) in [5.41, 5.74) is 12.1. The molecular formula is C50H68N8O6. The lowest BCUT2D eigenvalue weighted by atomic mass is 9.84. The topological polar surface area (TPSA) is 142 Å². The SMILES string of the molecule is CCn1c(-c2cc(N3CCN(C)CC3)cnc2[C@H](C)OC)c(CC(C)(C)COC=O)c2cc(-c3cccc(C[C@H](NC(=O)[C@@H]4CCCN(C(C)=O)C4)C(=O)N4CCCCN4)c3)ccc21. The maximum absolute atomic E-state index is 14.1. The number of rotatable bonds is 16. The lowest BCUT2D eigenvalue weighted by molar-refractivity contribution is -0.142.